The minimum absolute atomic E-state index is 0.128. The fourth-order valence-electron chi connectivity index (χ4n) is 1.90. The van der Waals surface area contributed by atoms with E-state index >= 15 is 0 Å². The Morgan fingerprint density at radius 3 is 2.50 bits per heavy atom. The van der Waals surface area contributed by atoms with E-state index in [2.05, 4.69) is 4.98 Å². The lowest BCUT2D eigenvalue weighted by atomic mass is 10.1. The summed E-state index contributed by atoms with van der Waals surface area (Å²) in [4.78, 5) is 18.1. The van der Waals surface area contributed by atoms with Crippen LogP contribution in [0.15, 0.2) is 36.5 Å². The number of anilines is 1. The first-order valence-electron chi connectivity index (χ1n) is 6.53. The quantitative estimate of drug-likeness (QED) is 0.931. The van der Waals surface area contributed by atoms with Gasteiger partial charge in [0.15, 0.2) is 0 Å². The zero-order chi connectivity index (χ0) is 14.7. The maximum absolute atomic E-state index is 12.4. The SMILES string of the molecule is Cc1ccc(N(C)C(=O)c2ccc(CN)cn2)cc1C. The van der Waals surface area contributed by atoms with Crippen molar-refractivity contribution >= 4 is 11.6 Å². The van der Waals surface area contributed by atoms with Crippen LogP contribution in [0.3, 0.4) is 0 Å². The molecule has 2 N–H and O–H groups in total. The molecular formula is C16H19N3O. The molecule has 0 unspecified atom stereocenters. The van der Waals surface area contributed by atoms with Gasteiger partial charge in [-0.05, 0) is 48.7 Å². The lowest BCUT2D eigenvalue weighted by molar-refractivity contribution is 0.0988. The predicted molar refractivity (Wildman–Crippen MR) is 80.8 cm³/mol. The van der Waals surface area contributed by atoms with Crippen molar-refractivity contribution in [2.75, 3.05) is 11.9 Å². The van der Waals surface area contributed by atoms with Gasteiger partial charge >= 0.3 is 0 Å². The van der Waals surface area contributed by atoms with Crippen LogP contribution in [0.1, 0.15) is 27.2 Å². The molecule has 1 amide bonds. The van der Waals surface area contributed by atoms with Crippen molar-refractivity contribution < 1.29 is 4.79 Å². The van der Waals surface area contributed by atoms with Gasteiger partial charge in [0.25, 0.3) is 5.91 Å². The van der Waals surface area contributed by atoms with Crippen LogP contribution >= 0.6 is 0 Å². The van der Waals surface area contributed by atoms with E-state index in [9.17, 15) is 4.79 Å². The molecule has 4 heteroatoms. The van der Waals surface area contributed by atoms with E-state index in [1.54, 1.807) is 24.2 Å². The molecule has 0 fully saturated rings. The normalized spacial score (nSPS) is 10.4. The van der Waals surface area contributed by atoms with Gasteiger partial charge in [0.1, 0.15) is 5.69 Å². The average molecular weight is 269 g/mol. The third kappa shape index (κ3) is 2.86. The number of benzene rings is 1. The molecule has 0 atom stereocenters. The molecule has 4 nitrogen and oxygen atoms in total. The summed E-state index contributed by atoms with van der Waals surface area (Å²) in [5, 5.41) is 0. The Hall–Kier alpha value is -2.20. The van der Waals surface area contributed by atoms with Crippen molar-refractivity contribution in [3.05, 3.63) is 58.9 Å². The van der Waals surface area contributed by atoms with Gasteiger partial charge < -0.3 is 10.6 Å². The Kier molecular flexibility index (Phi) is 4.15. The third-order valence-corrected chi connectivity index (χ3v) is 3.46. The summed E-state index contributed by atoms with van der Waals surface area (Å²) in [7, 11) is 1.75. The van der Waals surface area contributed by atoms with Gasteiger partial charge in [-0.1, -0.05) is 12.1 Å². The van der Waals surface area contributed by atoms with E-state index in [-0.39, 0.29) is 5.91 Å². The zero-order valence-electron chi connectivity index (χ0n) is 12.1. The first kappa shape index (κ1) is 14.2. The Morgan fingerprint density at radius 2 is 1.95 bits per heavy atom. The van der Waals surface area contributed by atoms with Crippen molar-refractivity contribution in [2.45, 2.75) is 20.4 Å². The van der Waals surface area contributed by atoms with Crippen molar-refractivity contribution in [3.63, 3.8) is 0 Å². The van der Waals surface area contributed by atoms with E-state index in [4.69, 9.17) is 5.73 Å². The largest absolute Gasteiger partial charge is 0.326 e. The summed E-state index contributed by atoms with van der Waals surface area (Å²) in [6, 6.07) is 9.49. The highest BCUT2D eigenvalue weighted by molar-refractivity contribution is 6.04. The fraction of sp³-hybridized carbons (Fsp3) is 0.250. The van der Waals surface area contributed by atoms with Crippen LogP contribution in [0, 0.1) is 13.8 Å². The Morgan fingerprint density at radius 1 is 1.20 bits per heavy atom. The lowest BCUT2D eigenvalue weighted by Crippen LogP contribution is -2.27. The van der Waals surface area contributed by atoms with Crippen LogP contribution in [0.5, 0.6) is 0 Å². The van der Waals surface area contributed by atoms with Crippen LogP contribution in [0.25, 0.3) is 0 Å². The molecule has 0 saturated carbocycles. The number of nitrogens with two attached hydrogens (primary N) is 1. The fourth-order valence-corrected chi connectivity index (χ4v) is 1.90. The lowest BCUT2D eigenvalue weighted by Gasteiger charge is -2.18. The molecule has 0 saturated heterocycles. The number of pyridine rings is 1. The molecule has 0 aliphatic heterocycles. The minimum Gasteiger partial charge on any atom is -0.326 e. The number of aromatic nitrogens is 1. The van der Waals surface area contributed by atoms with Gasteiger partial charge in [-0.3, -0.25) is 9.78 Å². The molecule has 104 valence electrons. The molecule has 20 heavy (non-hydrogen) atoms. The monoisotopic (exact) mass is 269 g/mol. The van der Waals surface area contributed by atoms with Gasteiger partial charge in [-0.25, -0.2) is 0 Å². The Labute approximate surface area is 119 Å². The van der Waals surface area contributed by atoms with Crippen LogP contribution in [0.4, 0.5) is 5.69 Å². The number of hydrogen-bond donors (Lipinski definition) is 1. The number of rotatable bonds is 3. The third-order valence-electron chi connectivity index (χ3n) is 3.46. The molecule has 0 bridgehead atoms. The maximum atomic E-state index is 12.4. The van der Waals surface area contributed by atoms with Gasteiger partial charge in [0.2, 0.25) is 0 Å². The van der Waals surface area contributed by atoms with Crippen molar-refractivity contribution in [3.8, 4) is 0 Å². The van der Waals surface area contributed by atoms with E-state index in [1.165, 1.54) is 5.56 Å². The summed E-state index contributed by atoms with van der Waals surface area (Å²) in [5.41, 5.74) is 10.1. The van der Waals surface area contributed by atoms with Gasteiger partial charge in [0, 0.05) is 25.5 Å². The van der Waals surface area contributed by atoms with Crippen LogP contribution in [-0.4, -0.2) is 17.9 Å². The number of aryl methyl sites for hydroxylation is 2. The maximum Gasteiger partial charge on any atom is 0.276 e. The summed E-state index contributed by atoms with van der Waals surface area (Å²) in [5.74, 6) is -0.128. The second-order valence-corrected chi connectivity index (χ2v) is 4.89. The number of nitrogens with zero attached hydrogens (tertiary/aromatic N) is 2. The molecule has 2 rings (SSSR count). The number of hydrogen-bond acceptors (Lipinski definition) is 3. The highest BCUT2D eigenvalue weighted by Crippen LogP contribution is 2.19. The van der Waals surface area contributed by atoms with E-state index < -0.39 is 0 Å². The Bertz CT molecular complexity index is 620. The van der Waals surface area contributed by atoms with Crippen molar-refractivity contribution in [2.24, 2.45) is 5.73 Å². The molecule has 1 heterocycles. The first-order chi connectivity index (χ1) is 9.52. The van der Waals surface area contributed by atoms with Gasteiger partial charge in [-0.2, -0.15) is 0 Å². The second-order valence-electron chi connectivity index (χ2n) is 4.89. The summed E-state index contributed by atoms with van der Waals surface area (Å²) >= 11 is 0. The highest BCUT2D eigenvalue weighted by Gasteiger charge is 2.15. The van der Waals surface area contributed by atoms with Crippen LogP contribution in [0.2, 0.25) is 0 Å². The molecule has 0 radical (unpaired) electrons. The van der Waals surface area contributed by atoms with Gasteiger partial charge in [-0.15, -0.1) is 0 Å². The molecule has 0 aliphatic rings. The van der Waals surface area contributed by atoms with Crippen molar-refractivity contribution in [1.29, 1.82) is 0 Å². The number of carbonyl (C=O) groups excluding carboxylic acids is 1. The summed E-state index contributed by atoms with van der Waals surface area (Å²) in [6.07, 6.45) is 1.64. The Balaban J connectivity index is 2.24. The number of amides is 1. The molecule has 0 spiro atoms. The van der Waals surface area contributed by atoms with Crippen molar-refractivity contribution in [1.82, 2.24) is 4.98 Å². The molecule has 1 aromatic carbocycles. The van der Waals surface area contributed by atoms with Gasteiger partial charge in [0.05, 0.1) is 0 Å². The molecule has 2 aromatic rings. The zero-order valence-corrected chi connectivity index (χ0v) is 12.1. The summed E-state index contributed by atoms with van der Waals surface area (Å²) in [6.45, 7) is 4.51. The standard InChI is InChI=1S/C16H19N3O/c1-11-4-6-14(8-12(11)2)19(3)16(20)15-7-5-13(9-17)10-18-15/h4-8,10H,9,17H2,1-3H3. The van der Waals surface area contributed by atoms with E-state index in [1.807, 2.05) is 38.1 Å². The second kappa shape index (κ2) is 5.84. The predicted octanol–water partition coefficient (Wildman–Crippen LogP) is 2.43. The first-order valence-corrected chi connectivity index (χ1v) is 6.53. The average Bonchev–Trinajstić information content (AvgIpc) is 2.48. The summed E-state index contributed by atoms with van der Waals surface area (Å²) < 4.78 is 0. The minimum atomic E-state index is -0.128. The topological polar surface area (TPSA) is 59.2 Å². The van der Waals surface area contributed by atoms with E-state index in [0.717, 1.165) is 16.8 Å². The molecule has 1 aromatic heterocycles. The smallest absolute Gasteiger partial charge is 0.276 e. The van der Waals surface area contributed by atoms with Crippen LogP contribution < -0.4 is 10.6 Å². The van der Waals surface area contributed by atoms with E-state index in [0.29, 0.717) is 12.2 Å². The van der Waals surface area contributed by atoms with Crippen LogP contribution in [-0.2, 0) is 6.54 Å². The molecular weight excluding hydrogens is 250 g/mol. The number of carbonyl (C=O) groups is 1. The highest BCUT2D eigenvalue weighted by atomic mass is 16.2. The molecule has 0 aliphatic carbocycles.